The highest BCUT2D eigenvalue weighted by Crippen LogP contribution is 2.33. The normalized spacial score (nSPS) is 11.1. The van der Waals surface area contributed by atoms with E-state index in [2.05, 4.69) is 4.98 Å². The monoisotopic (exact) mass is 452 g/mol. The van der Waals surface area contributed by atoms with E-state index in [0.29, 0.717) is 13.0 Å². The summed E-state index contributed by atoms with van der Waals surface area (Å²) in [5.41, 5.74) is 3.55. The number of rotatable bonds is 7. The topological polar surface area (TPSA) is 44.1 Å². The number of esters is 1. The van der Waals surface area contributed by atoms with Crippen LogP contribution >= 0.6 is 11.8 Å². The van der Waals surface area contributed by atoms with E-state index in [1.165, 1.54) is 36.0 Å². The van der Waals surface area contributed by atoms with Gasteiger partial charge in [0.2, 0.25) is 0 Å². The molecule has 0 radical (unpaired) electrons. The fourth-order valence-corrected chi connectivity index (χ4v) is 4.62. The fraction of sp³-hybridized carbons (Fsp3) is 0.200. The Morgan fingerprint density at radius 2 is 1.84 bits per heavy atom. The van der Waals surface area contributed by atoms with E-state index < -0.39 is 0 Å². The van der Waals surface area contributed by atoms with Gasteiger partial charge in [-0.3, -0.25) is 4.79 Å². The summed E-state index contributed by atoms with van der Waals surface area (Å²) in [6.07, 6.45) is 2.23. The number of carbonyl (C=O) groups excluding carboxylic acids is 1. The molecule has 0 aliphatic heterocycles. The van der Waals surface area contributed by atoms with Crippen LogP contribution in [0.5, 0.6) is 0 Å². The first-order valence-corrected chi connectivity index (χ1v) is 11.1. The van der Waals surface area contributed by atoms with Gasteiger partial charge in [0.1, 0.15) is 23.2 Å². The molecule has 0 fully saturated rings. The molecular weight excluding hydrogens is 430 g/mol. The van der Waals surface area contributed by atoms with Crippen LogP contribution in [-0.2, 0) is 22.5 Å². The van der Waals surface area contributed by atoms with Crippen LogP contribution in [0.15, 0.2) is 70.7 Å². The Bertz CT molecular complexity index is 1270. The lowest BCUT2D eigenvalue weighted by atomic mass is 10.0. The standard InChI is InChI=1S/C25H22F2N2O2S/c1-3-31-24(30)15-29-16(2)21(22-14-19(27)8-11-23(22)29)13-17-5-4-12-28-25(17)32-20-9-6-18(26)7-10-20/h4-12,14H,3,13,15H2,1-2H3. The lowest BCUT2D eigenvalue weighted by Crippen LogP contribution is -2.14. The van der Waals surface area contributed by atoms with Crippen molar-refractivity contribution in [3.63, 3.8) is 0 Å². The predicted molar refractivity (Wildman–Crippen MR) is 121 cm³/mol. The minimum atomic E-state index is -0.336. The Labute approximate surface area is 189 Å². The molecule has 0 unspecified atom stereocenters. The van der Waals surface area contributed by atoms with Crippen LogP contribution in [0.3, 0.4) is 0 Å². The van der Waals surface area contributed by atoms with Crippen LogP contribution < -0.4 is 0 Å². The quantitative estimate of drug-likeness (QED) is 0.326. The smallest absolute Gasteiger partial charge is 0.325 e. The van der Waals surface area contributed by atoms with E-state index in [-0.39, 0.29) is 24.1 Å². The van der Waals surface area contributed by atoms with E-state index in [9.17, 15) is 13.6 Å². The third-order valence-corrected chi connectivity index (χ3v) is 6.32. The van der Waals surface area contributed by atoms with Crippen molar-refractivity contribution in [1.82, 2.24) is 9.55 Å². The number of carbonyl (C=O) groups is 1. The molecule has 164 valence electrons. The van der Waals surface area contributed by atoms with Gasteiger partial charge in [-0.2, -0.15) is 0 Å². The molecule has 0 spiro atoms. The fourth-order valence-electron chi connectivity index (χ4n) is 3.74. The van der Waals surface area contributed by atoms with E-state index in [1.807, 2.05) is 23.6 Å². The highest BCUT2D eigenvalue weighted by Gasteiger charge is 2.19. The van der Waals surface area contributed by atoms with Crippen molar-refractivity contribution in [1.29, 1.82) is 0 Å². The van der Waals surface area contributed by atoms with Crippen LogP contribution in [-0.4, -0.2) is 22.1 Å². The van der Waals surface area contributed by atoms with Crippen molar-refractivity contribution in [2.24, 2.45) is 0 Å². The zero-order valence-electron chi connectivity index (χ0n) is 17.8. The van der Waals surface area contributed by atoms with Gasteiger partial charge in [0, 0.05) is 34.1 Å². The number of halogens is 2. The molecule has 0 atom stereocenters. The number of benzene rings is 2. The van der Waals surface area contributed by atoms with Gasteiger partial charge in [0.15, 0.2) is 0 Å². The summed E-state index contributed by atoms with van der Waals surface area (Å²) in [6.45, 7) is 4.06. The molecule has 4 nitrogen and oxygen atoms in total. The number of hydrogen-bond donors (Lipinski definition) is 0. The SMILES string of the molecule is CCOC(=O)Cn1c(C)c(Cc2cccnc2Sc2ccc(F)cc2)c2cc(F)ccc21. The highest BCUT2D eigenvalue weighted by atomic mass is 32.2. The number of ether oxygens (including phenoxy) is 1. The van der Waals surface area contributed by atoms with Crippen LogP contribution in [0.25, 0.3) is 10.9 Å². The zero-order valence-corrected chi connectivity index (χ0v) is 18.6. The van der Waals surface area contributed by atoms with Gasteiger partial charge in [-0.25, -0.2) is 13.8 Å². The number of nitrogens with zero attached hydrogens (tertiary/aromatic N) is 2. The van der Waals surface area contributed by atoms with Gasteiger partial charge in [-0.05, 0) is 73.5 Å². The molecule has 2 aromatic heterocycles. The average molecular weight is 453 g/mol. The summed E-state index contributed by atoms with van der Waals surface area (Å²) in [4.78, 5) is 17.6. The first-order chi connectivity index (χ1) is 15.5. The summed E-state index contributed by atoms with van der Waals surface area (Å²) in [7, 11) is 0. The molecule has 32 heavy (non-hydrogen) atoms. The first kappa shape index (κ1) is 22.0. The number of fused-ring (bicyclic) bond motifs is 1. The predicted octanol–water partition coefficient (Wildman–Crippen LogP) is 5.93. The molecule has 0 aliphatic rings. The van der Waals surface area contributed by atoms with Crippen LogP contribution in [0.1, 0.15) is 23.7 Å². The molecule has 0 saturated heterocycles. The molecule has 2 aromatic carbocycles. The van der Waals surface area contributed by atoms with Crippen molar-refractivity contribution in [2.75, 3.05) is 6.61 Å². The van der Waals surface area contributed by atoms with Crippen LogP contribution in [0, 0.1) is 18.6 Å². The second-order valence-corrected chi connectivity index (χ2v) is 8.38. The Morgan fingerprint density at radius 3 is 2.59 bits per heavy atom. The minimum absolute atomic E-state index is 0.0615. The van der Waals surface area contributed by atoms with Crippen LogP contribution in [0.4, 0.5) is 8.78 Å². The Balaban J connectivity index is 1.73. The van der Waals surface area contributed by atoms with Gasteiger partial charge in [-0.1, -0.05) is 17.8 Å². The van der Waals surface area contributed by atoms with Crippen LogP contribution in [0.2, 0.25) is 0 Å². The molecule has 7 heteroatoms. The highest BCUT2D eigenvalue weighted by molar-refractivity contribution is 7.99. The molecule has 0 saturated carbocycles. The summed E-state index contributed by atoms with van der Waals surface area (Å²) in [5, 5.41) is 1.55. The second kappa shape index (κ2) is 9.53. The second-order valence-electron chi connectivity index (χ2n) is 7.32. The summed E-state index contributed by atoms with van der Waals surface area (Å²) < 4.78 is 34.4. The van der Waals surface area contributed by atoms with E-state index in [4.69, 9.17) is 4.74 Å². The molecule has 0 aliphatic carbocycles. The summed E-state index contributed by atoms with van der Waals surface area (Å²) in [5.74, 6) is -0.959. The van der Waals surface area contributed by atoms with Gasteiger partial charge in [-0.15, -0.1) is 0 Å². The third kappa shape index (κ3) is 4.67. The third-order valence-electron chi connectivity index (χ3n) is 5.25. The number of pyridine rings is 1. The van der Waals surface area contributed by atoms with Gasteiger partial charge in [0.25, 0.3) is 0 Å². The maximum Gasteiger partial charge on any atom is 0.325 e. The lowest BCUT2D eigenvalue weighted by molar-refractivity contribution is -0.143. The lowest BCUT2D eigenvalue weighted by Gasteiger charge is -2.10. The first-order valence-electron chi connectivity index (χ1n) is 10.3. The summed E-state index contributed by atoms with van der Waals surface area (Å²) in [6, 6.07) is 14.7. The van der Waals surface area contributed by atoms with E-state index in [1.54, 1.807) is 31.3 Å². The van der Waals surface area contributed by atoms with Gasteiger partial charge in [0.05, 0.1) is 6.61 Å². The van der Waals surface area contributed by atoms with Gasteiger partial charge >= 0.3 is 5.97 Å². The van der Waals surface area contributed by atoms with Crippen molar-refractivity contribution < 1.29 is 18.3 Å². The van der Waals surface area contributed by atoms with Crippen molar-refractivity contribution >= 4 is 28.6 Å². The Hall–Kier alpha value is -3.19. The Morgan fingerprint density at radius 1 is 1.09 bits per heavy atom. The van der Waals surface area contributed by atoms with Crippen molar-refractivity contribution in [3.8, 4) is 0 Å². The maximum absolute atomic E-state index is 14.1. The molecular formula is C25H22F2N2O2S. The minimum Gasteiger partial charge on any atom is -0.465 e. The van der Waals surface area contributed by atoms with E-state index in [0.717, 1.165) is 37.6 Å². The molecule has 0 N–H and O–H groups in total. The van der Waals surface area contributed by atoms with E-state index >= 15 is 0 Å². The Kier molecular flexibility index (Phi) is 6.55. The molecule has 0 amide bonds. The van der Waals surface area contributed by atoms with Crippen molar-refractivity contribution in [3.05, 3.63) is 89.2 Å². The molecule has 2 heterocycles. The number of hydrogen-bond acceptors (Lipinski definition) is 4. The average Bonchev–Trinajstić information content (AvgIpc) is 3.02. The molecule has 0 bridgehead atoms. The molecule has 4 rings (SSSR count). The summed E-state index contributed by atoms with van der Waals surface area (Å²) >= 11 is 1.45. The number of aromatic nitrogens is 2. The van der Waals surface area contributed by atoms with Gasteiger partial charge < -0.3 is 9.30 Å². The van der Waals surface area contributed by atoms with Crippen molar-refractivity contribution in [2.45, 2.75) is 36.7 Å². The zero-order chi connectivity index (χ0) is 22.7. The maximum atomic E-state index is 14.1. The molecule has 4 aromatic rings. The largest absolute Gasteiger partial charge is 0.465 e.